The number of aromatic hydroxyl groups is 1. The van der Waals surface area contributed by atoms with Crippen LogP contribution in [0.15, 0.2) is 24.3 Å². The Hall–Kier alpha value is -1.51. The molecular weight excluding hydrogens is 240 g/mol. The third kappa shape index (κ3) is 4.27. The Morgan fingerprint density at radius 1 is 1.26 bits per heavy atom. The average molecular weight is 264 g/mol. The van der Waals surface area contributed by atoms with Crippen LogP contribution in [0.4, 0.5) is 0 Å². The molecule has 1 rings (SSSR count). The summed E-state index contributed by atoms with van der Waals surface area (Å²) < 4.78 is 5.13. The van der Waals surface area contributed by atoms with E-state index in [2.05, 4.69) is 6.92 Å². The van der Waals surface area contributed by atoms with Gasteiger partial charge in [0.1, 0.15) is 5.75 Å². The Morgan fingerprint density at radius 3 is 2.32 bits per heavy atom. The summed E-state index contributed by atoms with van der Waals surface area (Å²) in [4.78, 5) is 11.9. The molecule has 0 bridgehead atoms. The van der Waals surface area contributed by atoms with E-state index in [4.69, 9.17) is 4.74 Å². The molecule has 106 valence electrons. The van der Waals surface area contributed by atoms with Gasteiger partial charge in [0.05, 0.1) is 12.0 Å². The van der Waals surface area contributed by atoms with Gasteiger partial charge in [-0.25, -0.2) is 0 Å². The van der Waals surface area contributed by atoms with Crippen LogP contribution in [0.25, 0.3) is 0 Å². The van der Waals surface area contributed by atoms with Gasteiger partial charge >= 0.3 is 5.97 Å². The Kier molecular flexibility index (Phi) is 5.40. The molecule has 0 amide bonds. The maximum Gasteiger partial charge on any atom is 0.311 e. The summed E-state index contributed by atoms with van der Waals surface area (Å²) in [5.41, 5.74) is 0.659. The molecule has 1 aromatic carbocycles. The lowest BCUT2D eigenvalue weighted by molar-refractivity contribution is -0.154. The predicted octanol–water partition coefficient (Wildman–Crippen LogP) is 3.87. The van der Waals surface area contributed by atoms with E-state index in [9.17, 15) is 9.90 Å². The molecule has 0 saturated carbocycles. The van der Waals surface area contributed by atoms with Crippen LogP contribution in [0, 0.1) is 5.41 Å². The van der Waals surface area contributed by atoms with E-state index in [1.54, 1.807) is 12.1 Å². The van der Waals surface area contributed by atoms with Crippen LogP contribution in [0.3, 0.4) is 0 Å². The van der Waals surface area contributed by atoms with Crippen molar-refractivity contribution < 1.29 is 14.6 Å². The molecule has 0 fully saturated rings. The minimum absolute atomic E-state index is 0.146. The third-order valence-corrected chi connectivity index (χ3v) is 3.44. The van der Waals surface area contributed by atoms with Gasteiger partial charge in [0.2, 0.25) is 0 Å². The number of rotatable bonds is 6. The molecule has 3 heteroatoms. The first-order valence-corrected chi connectivity index (χ1v) is 6.86. The van der Waals surface area contributed by atoms with Crippen LogP contribution < -0.4 is 0 Å². The Balaban J connectivity index is 2.81. The molecule has 0 aromatic heterocycles. The highest BCUT2D eigenvalue weighted by Gasteiger charge is 2.32. The lowest BCUT2D eigenvalue weighted by Crippen LogP contribution is -2.28. The second-order valence-corrected chi connectivity index (χ2v) is 5.51. The van der Waals surface area contributed by atoms with Crippen molar-refractivity contribution in [2.75, 3.05) is 6.61 Å². The van der Waals surface area contributed by atoms with Crippen LogP contribution in [0.5, 0.6) is 5.75 Å². The van der Waals surface area contributed by atoms with Gasteiger partial charge in [0, 0.05) is 0 Å². The highest BCUT2D eigenvalue weighted by atomic mass is 16.5. The van der Waals surface area contributed by atoms with E-state index in [1.165, 1.54) is 0 Å². The number of phenols is 1. The molecule has 0 heterocycles. The van der Waals surface area contributed by atoms with Crippen molar-refractivity contribution in [1.82, 2.24) is 0 Å². The number of benzene rings is 1. The second kappa shape index (κ2) is 6.60. The summed E-state index contributed by atoms with van der Waals surface area (Å²) in [6.07, 6.45) is 1.70. The van der Waals surface area contributed by atoms with Gasteiger partial charge in [-0.2, -0.15) is 0 Å². The largest absolute Gasteiger partial charge is 0.508 e. The molecule has 19 heavy (non-hydrogen) atoms. The van der Waals surface area contributed by atoms with Crippen molar-refractivity contribution in [3.05, 3.63) is 29.8 Å². The maximum atomic E-state index is 11.9. The van der Waals surface area contributed by atoms with Gasteiger partial charge in [0.15, 0.2) is 0 Å². The van der Waals surface area contributed by atoms with Crippen LogP contribution in [-0.4, -0.2) is 17.7 Å². The number of carbonyl (C=O) groups is 1. The molecule has 0 aliphatic rings. The van der Waals surface area contributed by atoms with E-state index in [0.717, 1.165) is 18.4 Å². The highest BCUT2D eigenvalue weighted by Crippen LogP contribution is 2.35. The predicted molar refractivity (Wildman–Crippen MR) is 76.2 cm³/mol. The normalized spacial score (nSPS) is 13.1. The molecule has 0 radical (unpaired) electrons. The summed E-state index contributed by atoms with van der Waals surface area (Å²) in [7, 11) is 0. The fourth-order valence-electron chi connectivity index (χ4n) is 2.27. The molecule has 0 saturated heterocycles. The second-order valence-electron chi connectivity index (χ2n) is 5.51. The van der Waals surface area contributed by atoms with Gasteiger partial charge in [-0.3, -0.25) is 4.79 Å². The molecule has 0 spiro atoms. The standard InChI is InChI=1S/C16H24O3/c1-5-12(13-7-9-14(17)10-8-13)11-16(3,4)15(18)19-6-2/h7-10,12,17H,5-6,11H2,1-4H3. The van der Waals surface area contributed by atoms with Gasteiger partial charge in [-0.1, -0.05) is 19.1 Å². The summed E-state index contributed by atoms with van der Waals surface area (Å²) in [5.74, 6) is 0.412. The SMILES string of the molecule is CCOC(=O)C(C)(C)CC(CC)c1ccc(O)cc1. The molecular formula is C16H24O3. The van der Waals surface area contributed by atoms with E-state index in [-0.39, 0.29) is 11.7 Å². The topological polar surface area (TPSA) is 46.5 Å². The van der Waals surface area contributed by atoms with Crippen molar-refractivity contribution in [3.63, 3.8) is 0 Å². The zero-order valence-electron chi connectivity index (χ0n) is 12.3. The number of carbonyl (C=O) groups excluding carboxylic acids is 1. The summed E-state index contributed by atoms with van der Waals surface area (Å²) in [5, 5.41) is 9.33. The van der Waals surface area contributed by atoms with E-state index < -0.39 is 5.41 Å². The molecule has 1 atom stereocenters. The van der Waals surface area contributed by atoms with Crippen molar-refractivity contribution in [3.8, 4) is 5.75 Å². The van der Waals surface area contributed by atoms with Gasteiger partial charge < -0.3 is 9.84 Å². The summed E-state index contributed by atoms with van der Waals surface area (Å²) >= 11 is 0. The number of ether oxygens (including phenoxy) is 1. The minimum atomic E-state index is -0.491. The maximum absolute atomic E-state index is 11.9. The molecule has 1 aromatic rings. The Bertz CT molecular complexity index is 407. The summed E-state index contributed by atoms with van der Waals surface area (Å²) in [6, 6.07) is 7.22. The first-order chi connectivity index (χ1) is 8.90. The van der Waals surface area contributed by atoms with Gasteiger partial charge in [-0.15, -0.1) is 0 Å². The van der Waals surface area contributed by atoms with Crippen molar-refractivity contribution in [2.24, 2.45) is 5.41 Å². The quantitative estimate of drug-likeness (QED) is 0.793. The smallest absolute Gasteiger partial charge is 0.311 e. The number of hydrogen-bond acceptors (Lipinski definition) is 3. The average Bonchev–Trinajstić information content (AvgIpc) is 2.37. The summed E-state index contributed by atoms with van der Waals surface area (Å²) in [6.45, 7) is 8.20. The van der Waals surface area contributed by atoms with Crippen LogP contribution in [0.2, 0.25) is 0 Å². The van der Waals surface area contributed by atoms with Crippen LogP contribution >= 0.6 is 0 Å². The van der Waals surface area contributed by atoms with E-state index >= 15 is 0 Å². The van der Waals surface area contributed by atoms with E-state index in [0.29, 0.717) is 12.5 Å². The molecule has 0 aliphatic carbocycles. The van der Waals surface area contributed by atoms with Crippen molar-refractivity contribution in [2.45, 2.75) is 46.5 Å². The fraction of sp³-hybridized carbons (Fsp3) is 0.562. The number of esters is 1. The van der Waals surface area contributed by atoms with Gasteiger partial charge in [0.25, 0.3) is 0 Å². The third-order valence-electron chi connectivity index (χ3n) is 3.44. The highest BCUT2D eigenvalue weighted by molar-refractivity contribution is 5.76. The minimum Gasteiger partial charge on any atom is -0.508 e. The molecule has 1 N–H and O–H groups in total. The molecule has 0 aliphatic heterocycles. The van der Waals surface area contributed by atoms with Gasteiger partial charge in [-0.05, 0) is 57.2 Å². The fourth-order valence-corrected chi connectivity index (χ4v) is 2.27. The lowest BCUT2D eigenvalue weighted by atomic mass is 9.79. The zero-order chi connectivity index (χ0) is 14.5. The Morgan fingerprint density at radius 2 is 1.84 bits per heavy atom. The van der Waals surface area contributed by atoms with Crippen molar-refractivity contribution >= 4 is 5.97 Å². The number of hydrogen-bond donors (Lipinski definition) is 1. The molecule has 3 nitrogen and oxygen atoms in total. The van der Waals surface area contributed by atoms with Crippen LogP contribution in [0.1, 0.15) is 52.0 Å². The zero-order valence-corrected chi connectivity index (χ0v) is 12.3. The van der Waals surface area contributed by atoms with Crippen molar-refractivity contribution in [1.29, 1.82) is 0 Å². The lowest BCUT2D eigenvalue weighted by Gasteiger charge is -2.27. The molecule has 1 unspecified atom stereocenters. The first-order valence-electron chi connectivity index (χ1n) is 6.86. The Labute approximate surface area is 115 Å². The monoisotopic (exact) mass is 264 g/mol. The first kappa shape index (κ1) is 15.5. The van der Waals surface area contributed by atoms with E-state index in [1.807, 2.05) is 32.9 Å². The van der Waals surface area contributed by atoms with Crippen LogP contribution in [-0.2, 0) is 9.53 Å². The number of phenolic OH excluding ortho intramolecular Hbond substituents is 1.